The van der Waals surface area contributed by atoms with Gasteiger partial charge in [-0.1, -0.05) is 13.0 Å². The van der Waals surface area contributed by atoms with Gasteiger partial charge in [0.1, 0.15) is 28.8 Å². The van der Waals surface area contributed by atoms with Gasteiger partial charge >= 0.3 is 0 Å². The minimum absolute atomic E-state index is 0.627. The number of aryl methyl sites for hydroxylation is 1. The molecule has 5 nitrogen and oxygen atoms in total. The smallest absolute Gasteiger partial charge is 0.132 e. The summed E-state index contributed by atoms with van der Waals surface area (Å²) < 4.78 is 12.6. The molecule has 0 unspecified atom stereocenters. The van der Waals surface area contributed by atoms with E-state index in [0.29, 0.717) is 23.9 Å². The van der Waals surface area contributed by atoms with Crippen LogP contribution in [0.4, 0.5) is 5.82 Å². The van der Waals surface area contributed by atoms with Crippen molar-refractivity contribution in [1.29, 1.82) is 0 Å². The number of hydrogen-bond acceptors (Lipinski definition) is 4. The lowest BCUT2D eigenvalue weighted by Crippen LogP contribution is -2.05. The summed E-state index contributed by atoms with van der Waals surface area (Å²) in [5.74, 6) is 2.98. The first-order valence-corrected chi connectivity index (χ1v) is 6.83. The number of rotatable bonds is 6. The molecule has 112 valence electrons. The zero-order chi connectivity index (χ0) is 15.4. The molecular formula is C16H21N3O2. The second-order valence-corrected chi connectivity index (χ2v) is 4.62. The van der Waals surface area contributed by atoms with Crippen molar-refractivity contribution in [3.63, 3.8) is 0 Å². The Morgan fingerprint density at radius 2 is 1.86 bits per heavy atom. The molecular weight excluding hydrogens is 266 g/mol. The Bertz CT molecular complexity index is 625. The minimum Gasteiger partial charge on any atom is -0.497 e. The maximum absolute atomic E-state index is 6.25. The van der Waals surface area contributed by atoms with Crippen LogP contribution >= 0.6 is 0 Å². The zero-order valence-electron chi connectivity index (χ0n) is 12.7. The molecule has 0 amide bonds. The molecule has 0 saturated heterocycles. The number of allylic oxidation sites excluding steroid dienone is 1. The summed E-state index contributed by atoms with van der Waals surface area (Å²) in [5, 5.41) is 0. The number of nitrogen functional groups attached to an aromatic ring is 1. The summed E-state index contributed by atoms with van der Waals surface area (Å²) >= 11 is 0. The lowest BCUT2D eigenvalue weighted by molar-refractivity contribution is 0.394. The molecule has 0 fully saturated rings. The fourth-order valence-corrected chi connectivity index (χ4v) is 2.27. The third-order valence-corrected chi connectivity index (χ3v) is 3.34. The van der Waals surface area contributed by atoms with Crippen molar-refractivity contribution in [2.75, 3.05) is 20.0 Å². The van der Waals surface area contributed by atoms with Gasteiger partial charge in [0.2, 0.25) is 0 Å². The van der Waals surface area contributed by atoms with E-state index < -0.39 is 0 Å². The van der Waals surface area contributed by atoms with Crippen LogP contribution in [0, 0.1) is 0 Å². The van der Waals surface area contributed by atoms with Crippen molar-refractivity contribution in [3.05, 3.63) is 36.7 Å². The molecule has 2 aromatic rings. The van der Waals surface area contributed by atoms with Gasteiger partial charge < -0.3 is 19.8 Å². The van der Waals surface area contributed by atoms with Gasteiger partial charge in [0.05, 0.1) is 14.2 Å². The van der Waals surface area contributed by atoms with E-state index in [1.165, 1.54) is 0 Å². The zero-order valence-corrected chi connectivity index (χ0v) is 12.7. The highest BCUT2D eigenvalue weighted by atomic mass is 16.5. The van der Waals surface area contributed by atoms with E-state index in [1.807, 2.05) is 28.8 Å². The van der Waals surface area contributed by atoms with Crippen molar-refractivity contribution < 1.29 is 9.47 Å². The highest BCUT2D eigenvalue weighted by Gasteiger charge is 2.16. The van der Waals surface area contributed by atoms with Crippen LogP contribution < -0.4 is 15.2 Å². The van der Waals surface area contributed by atoms with E-state index in [-0.39, 0.29) is 0 Å². The van der Waals surface area contributed by atoms with Gasteiger partial charge in [-0.15, -0.1) is 6.58 Å². The second-order valence-electron chi connectivity index (χ2n) is 4.62. The van der Waals surface area contributed by atoms with Gasteiger partial charge in [0, 0.05) is 24.6 Å². The fourth-order valence-electron chi connectivity index (χ4n) is 2.27. The molecule has 5 heteroatoms. The Hall–Kier alpha value is -2.43. The van der Waals surface area contributed by atoms with Crippen LogP contribution in [0.1, 0.15) is 12.7 Å². The quantitative estimate of drug-likeness (QED) is 0.830. The fraction of sp³-hybridized carbons (Fsp3) is 0.312. The van der Waals surface area contributed by atoms with Crippen molar-refractivity contribution in [1.82, 2.24) is 9.55 Å². The van der Waals surface area contributed by atoms with E-state index in [0.717, 1.165) is 23.5 Å². The van der Waals surface area contributed by atoms with Gasteiger partial charge in [0.15, 0.2) is 0 Å². The number of nitrogens with two attached hydrogens (primary N) is 1. The third kappa shape index (κ3) is 2.86. The van der Waals surface area contributed by atoms with E-state index in [4.69, 9.17) is 15.2 Å². The molecule has 21 heavy (non-hydrogen) atoms. The Morgan fingerprint density at radius 1 is 1.24 bits per heavy atom. The van der Waals surface area contributed by atoms with Crippen LogP contribution in [0.2, 0.25) is 0 Å². The van der Waals surface area contributed by atoms with Crippen molar-refractivity contribution in [3.8, 4) is 22.8 Å². The van der Waals surface area contributed by atoms with Crippen molar-refractivity contribution >= 4 is 5.82 Å². The predicted octanol–water partition coefficient (Wildman–Crippen LogP) is 2.90. The van der Waals surface area contributed by atoms with Gasteiger partial charge in [0.25, 0.3) is 0 Å². The Morgan fingerprint density at radius 3 is 2.33 bits per heavy atom. The standard InChI is InChI=1S/C16H21N3O2/c1-5-7-19-14(6-2)18-15(16(19)17)11-8-12(20-3)10-13(9-11)21-4/h5,8-10H,1,6-7,17H2,2-4H3. The first-order valence-electron chi connectivity index (χ1n) is 6.83. The highest BCUT2D eigenvalue weighted by Crippen LogP contribution is 2.33. The summed E-state index contributed by atoms with van der Waals surface area (Å²) in [6.45, 7) is 6.46. The van der Waals surface area contributed by atoms with Crippen LogP contribution in [-0.2, 0) is 13.0 Å². The van der Waals surface area contributed by atoms with E-state index in [1.54, 1.807) is 14.2 Å². The first-order chi connectivity index (χ1) is 10.1. The second kappa shape index (κ2) is 6.35. The normalized spacial score (nSPS) is 10.4. The van der Waals surface area contributed by atoms with Gasteiger partial charge in [-0.25, -0.2) is 4.98 Å². The monoisotopic (exact) mass is 287 g/mol. The summed E-state index contributed by atoms with van der Waals surface area (Å²) in [5.41, 5.74) is 7.87. The molecule has 1 heterocycles. The largest absolute Gasteiger partial charge is 0.497 e. The topological polar surface area (TPSA) is 62.3 Å². The number of methoxy groups -OCH3 is 2. The lowest BCUT2D eigenvalue weighted by atomic mass is 10.1. The maximum atomic E-state index is 6.25. The summed E-state index contributed by atoms with van der Waals surface area (Å²) in [6, 6.07) is 5.62. The van der Waals surface area contributed by atoms with Crippen LogP contribution in [0.3, 0.4) is 0 Å². The molecule has 1 aromatic carbocycles. The molecule has 0 bridgehead atoms. The molecule has 0 aliphatic carbocycles. The molecule has 2 rings (SSSR count). The highest BCUT2D eigenvalue weighted by molar-refractivity contribution is 5.73. The van der Waals surface area contributed by atoms with Gasteiger partial charge in [-0.2, -0.15) is 0 Å². The van der Waals surface area contributed by atoms with E-state index in [9.17, 15) is 0 Å². The van der Waals surface area contributed by atoms with Crippen molar-refractivity contribution in [2.24, 2.45) is 0 Å². The average molecular weight is 287 g/mol. The first kappa shape index (κ1) is 15.0. The van der Waals surface area contributed by atoms with Crippen LogP contribution in [0.5, 0.6) is 11.5 Å². The molecule has 0 atom stereocenters. The van der Waals surface area contributed by atoms with Gasteiger partial charge in [-0.05, 0) is 12.1 Å². The predicted molar refractivity (Wildman–Crippen MR) is 84.8 cm³/mol. The molecule has 0 aliphatic rings. The molecule has 0 saturated carbocycles. The maximum Gasteiger partial charge on any atom is 0.132 e. The molecule has 0 aliphatic heterocycles. The Kier molecular flexibility index (Phi) is 4.52. The van der Waals surface area contributed by atoms with Gasteiger partial charge in [-0.3, -0.25) is 0 Å². The number of anilines is 1. The number of imidazole rings is 1. The summed E-state index contributed by atoms with van der Waals surface area (Å²) in [4.78, 5) is 4.65. The number of aromatic nitrogens is 2. The number of hydrogen-bond donors (Lipinski definition) is 1. The molecule has 2 N–H and O–H groups in total. The number of nitrogens with zero attached hydrogens (tertiary/aromatic N) is 2. The van der Waals surface area contributed by atoms with Crippen LogP contribution in [-0.4, -0.2) is 23.8 Å². The minimum atomic E-state index is 0.627. The average Bonchev–Trinajstić information content (AvgIpc) is 2.83. The molecule has 1 aromatic heterocycles. The van der Waals surface area contributed by atoms with Crippen LogP contribution in [0.25, 0.3) is 11.3 Å². The summed E-state index contributed by atoms with van der Waals surface area (Å²) in [7, 11) is 3.24. The Balaban J connectivity index is 2.58. The third-order valence-electron chi connectivity index (χ3n) is 3.34. The molecule has 0 radical (unpaired) electrons. The summed E-state index contributed by atoms with van der Waals surface area (Å²) in [6.07, 6.45) is 2.62. The lowest BCUT2D eigenvalue weighted by Gasteiger charge is -2.08. The van der Waals surface area contributed by atoms with E-state index >= 15 is 0 Å². The van der Waals surface area contributed by atoms with E-state index in [2.05, 4.69) is 18.5 Å². The Labute approximate surface area is 125 Å². The SMILES string of the molecule is C=CCn1c(CC)nc(-c2cc(OC)cc(OC)c2)c1N. The number of ether oxygens (including phenoxy) is 2. The van der Waals surface area contributed by atoms with Crippen molar-refractivity contribution in [2.45, 2.75) is 19.9 Å². The molecule has 0 spiro atoms. The number of benzene rings is 1. The van der Waals surface area contributed by atoms with Crippen LogP contribution in [0.15, 0.2) is 30.9 Å².